The third kappa shape index (κ3) is 5.15. The Hall–Kier alpha value is -2.27. The predicted octanol–water partition coefficient (Wildman–Crippen LogP) is 4.05. The van der Waals surface area contributed by atoms with Gasteiger partial charge in [0.1, 0.15) is 0 Å². The summed E-state index contributed by atoms with van der Waals surface area (Å²) < 4.78 is 33.3. The van der Waals surface area contributed by atoms with E-state index >= 15 is 0 Å². The maximum atomic E-state index is 12.8. The molecule has 0 aliphatic carbocycles. The quantitative estimate of drug-likeness (QED) is 0.570. The van der Waals surface area contributed by atoms with Crippen LogP contribution in [-0.4, -0.2) is 41.9 Å². The van der Waals surface area contributed by atoms with Crippen LogP contribution in [0.1, 0.15) is 40.9 Å². The smallest absolute Gasteiger partial charge is 0.322 e. The highest BCUT2D eigenvalue weighted by atomic mass is 35.5. The van der Waals surface area contributed by atoms with E-state index in [9.17, 15) is 13.2 Å². The Balaban J connectivity index is 1.40. The fourth-order valence-electron chi connectivity index (χ4n) is 3.43. The van der Waals surface area contributed by atoms with Crippen LogP contribution in [0, 0.1) is 5.92 Å². The highest BCUT2D eigenvalue weighted by molar-refractivity contribution is 7.89. The molecule has 0 radical (unpaired) electrons. The first-order valence-electron chi connectivity index (χ1n) is 9.79. The number of hydrogen-bond acceptors (Lipinski definition) is 7. The van der Waals surface area contributed by atoms with Crippen molar-refractivity contribution >= 4 is 44.9 Å². The average molecular weight is 481 g/mol. The summed E-state index contributed by atoms with van der Waals surface area (Å²) in [5.41, 5.74) is 0.288. The number of benzene rings is 1. The minimum absolute atomic E-state index is 0.0262. The lowest BCUT2D eigenvalue weighted by atomic mass is 10.0. The number of nitrogens with zero attached hydrogens (tertiary/aromatic N) is 3. The number of anilines is 1. The normalized spacial score (nSPS) is 17.5. The summed E-state index contributed by atoms with van der Waals surface area (Å²) in [6.45, 7) is 3.08. The molecular weight excluding hydrogens is 460 g/mol. The second kappa shape index (κ2) is 9.07. The van der Waals surface area contributed by atoms with Crippen molar-refractivity contribution in [3.05, 3.63) is 57.1 Å². The molecule has 1 N–H and O–H groups in total. The minimum Gasteiger partial charge on any atom is -0.407 e. The van der Waals surface area contributed by atoms with Crippen molar-refractivity contribution in [2.75, 3.05) is 18.4 Å². The summed E-state index contributed by atoms with van der Waals surface area (Å²) in [6, 6.07) is 9.47. The van der Waals surface area contributed by atoms with E-state index in [1.807, 2.05) is 13.0 Å². The maximum Gasteiger partial charge on any atom is 0.322 e. The highest BCUT2D eigenvalue weighted by Crippen LogP contribution is 2.25. The van der Waals surface area contributed by atoms with Crippen LogP contribution in [0.25, 0.3) is 0 Å². The lowest BCUT2D eigenvalue weighted by Crippen LogP contribution is -2.39. The monoisotopic (exact) mass is 480 g/mol. The molecule has 3 heterocycles. The van der Waals surface area contributed by atoms with Gasteiger partial charge in [-0.3, -0.25) is 10.1 Å². The Labute approximate surface area is 189 Å². The molecule has 164 valence electrons. The second-order valence-electron chi connectivity index (χ2n) is 7.47. The van der Waals surface area contributed by atoms with Crippen LogP contribution in [0.4, 0.5) is 6.01 Å². The van der Waals surface area contributed by atoms with Gasteiger partial charge in [0.05, 0.1) is 15.7 Å². The molecule has 31 heavy (non-hydrogen) atoms. The fourth-order valence-corrected chi connectivity index (χ4v) is 6.11. The number of sulfonamides is 1. The van der Waals surface area contributed by atoms with Crippen LogP contribution in [0.15, 0.2) is 45.7 Å². The molecule has 1 amide bonds. The van der Waals surface area contributed by atoms with Gasteiger partial charge in [-0.25, -0.2) is 8.42 Å². The second-order valence-corrected chi connectivity index (χ2v) is 11.2. The van der Waals surface area contributed by atoms with Gasteiger partial charge in [0.2, 0.25) is 15.9 Å². The van der Waals surface area contributed by atoms with Crippen molar-refractivity contribution in [2.45, 2.75) is 31.1 Å². The Morgan fingerprint density at radius 3 is 2.71 bits per heavy atom. The molecule has 2 aromatic heterocycles. The van der Waals surface area contributed by atoms with Gasteiger partial charge in [-0.15, -0.1) is 16.4 Å². The van der Waals surface area contributed by atoms with Gasteiger partial charge < -0.3 is 4.42 Å². The molecule has 1 aromatic carbocycles. The first kappa shape index (κ1) is 21.9. The SMILES string of the molecule is CC1CCCN(S(=O)(=O)c2ccc(C(=O)Nc3nnc(Cc4ccc(Cl)s4)o3)cc2)C1. The minimum atomic E-state index is -3.57. The summed E-state index contributed by atoms with van der Waals surface area (Å²) >= 11 is 7.33. The summed E-state index contributed by atoms with van der Waals surface area (Å²) in [7, 11) is -3.57. The van der Waals surface area contributed by atoms with Gasteiger partial charge in [0.15, 0.2) is 0 Å². The molecule has 1 fully saturated rings. The Morgan fingerprint density at radius 1 is 1.26 bits per heavy atom. The zero-order valence-corrected chi connectivity index (χ0v) is 19.1. The molecule has 1 unspecified atom stereocenters. The molecule has 11 heteroatoms. The molecule has 4 rings (SSSR count). The van der Waals surface area contributed by atoms with Crippen molar-refractivity contribution < 1.29 is 17.6 Å². The number of thiophene rings is 1. The Bertz CT molecular complexity index is 1170. The molecule has 0 saturated carbocycles. The molecular formula is C20H21ClN4O4S2. The van der Waals surface area contributed by atoms with E-state index in [0.717, 1.165) is 17.7 Å². The summed E-state index contributed by atoms with van der Waals surface area (Å²) in [5.74, 6) is 0.223. The van der Waals surface area contributed by atoms with Gasteiger partial charge in [-0.2, -0.15) is 4.31 Å². The number of rotatable bonds is 6. The molecule has 1 aliphatic rings. The number of piperidine rings is 1. The van der Waals surface area contributed by atoms with E-state index in [-0.39, 0.29) is 16.5 Å². The summed E-state index contributed by atoms with van der Waals surface area (Å²) in [4.78, 5) is 13.6. The fraction of sp³-hybridized carbons (Fsp3) is 0.350. The van der Waals surface area contributed by atoms with E-state index in [0.29, 0.717) is 35.7 Å². The maximum absolute atomic E-state index is 12.8. The van der Waals surface area contributed by atoms with Crippen LogP contribution >= 0.6 is 22.9 Å². The van der Waals surface area contributed by atoms with E-state index in [1.54, 1.807) is 6.07 Å². The van der Waals surface area contributed by atoms with Crippen molar-refractivity contribution in [3.63, 3.8) is 0 Å². The third-order valence-electron chi connectivity index (χ3n) is 5.02. The molecule has 8 nitrogen and oxygen atoms in total. The third-order valence-corrected chi connectivity index (χ3v) is 8.13. The highest BCUT2D eigenvalue weighted by Gasteiger charge is 2.28. The first-order chi connectivity index (χ1) is 14.8. The number of amides is 1. The molecule has 0 spiro atoms. The zero-order valence-electron chi connectivity index (χ0n) is 16.7. The largest absolute Gasteiger partial charge is 0.407 e. The van der Waals surface area contributed by atoms with Gasteiger partial charge in [0, 0.05) is 23.5 Å². The number of nitrogens with one attached hydrogen (secondary N) is 1. The number of aromatic nitrogens is 2. The Morgan fingerprint density at radius 2 is 2.03 bits per heavy atom. The average Bonchev–Trinajstić information content (AvgIpc) is 3.36. The van der Waals surface area contributed by atoms with Gasteiger partial charge in [-0.05, 0) is 55.2 Å². The first-order valence-corrected chi connectivity index (χ1v) is 12.4. The van der Waals surface area contributed by atoms with Gasteiger partial charge >= 0.3 is 6.01 Å². The molecule has 1 saturated heterocycles. The van der Waals surface area contributed by atoms with Crippen LogP contribution in [0.2, 0.25) is 4.34 Å². The van der Waals surface area contributed by atoms with Crippen molar-refractivity contribution in [1.29, 1.82) is 0 Å². The van der Waals surface area contributed by atoms with Crippen molar-refractivity contribution in [2.24, 2.45) is 5.92 Å². The van der Waals surface area contributed by atoms with Gasteiger partial charge in [0.25, 0.3) is 5.91 Å². The molecule has 1 aliphatic heterocycles. The van der Waals surface area contributed by atoms with E-state index in [2.05, 4.69) is 15.5 Å². The van der Waals surface area contributed by atoms with E-state index < -0.39 is 15.9 Å². The number of hydrogen-bond donors (Lipinski definition) is 1. The van der Waals surface area contributed by atoms with E-state index in [4.69, 9.17) is 16.0 Å². The lowest BCUT2D eigenvalue weighted by molar-refractivity contribution is 0.102. The number of halogens is 1. The molecule has 0 bridgehead atoms. The van der Waals surface area contributed by atoms with Crippen LogP contribution in [-0.2, 0) is 16.4 Å². The van der Waals surface area contributed by atoms with Crippen LogP contribution in [0.3, 0.4) is 0 Å². The summed E-state index contributed by atoms with van der Waals surface area (Å²) in [6.07, 6.45) is 2.30. The van der Waals surface area contributed by atoms with E-state index in [1.165, 1.54) is 39.9 Å². The standard InChI is InChI=1S/C20H21ClN4O4S2/c1-13-3-2-10-25(12-13)31(27,28)16-7-4-14(5-8-16)19(26)22-20-24-23-18(29-20)11-15-6-9-17(21)30-15/h4-9,13H,2-3,10-12H2,1H3,(H,22,24,26). The lowest BCUT2D eigenvalue weighted by Gasteiger charge is -2.30. The number of carbonyl (C=O) groups is 1. The number of carbonyl (C=O) groups excluding carboxylic acids is 1. The zero-order chi connectivity index (χ0) is 22.0. The molecule has 1 atom stereocenters. The summed E-state index contributed by atoms with van der Waals surface area (Å²) in [5, 5.41) is 10.3. The van der Waals surface area contributed by atoms with Crippen molar-refractivity contribution in [3.8, 4) is 0 Å². The van der Waals surface area contributed by atoms with Gasteiger partial charge in [-0.1, -0.05) is 23.6 Å². The molecule has 3 aromatic rings. The topological polar surface area (TPSA) is 105 Å². The Kier molecular flexibility index (Phi) is 6.42. The van der Waals surface area contributed by atoms with Crippen LogP contribution < -0.4 is 5.32 Å². The van der Waals surface area contributed by atoms with Crippen LogP contribution in [0.5, 0.6) is 0 Å². The predicted molar refractivity (Wildman–Crippen MR) is 118 cm³/mol. The van der Waals surface area contributed by atoms with Crippen molar-refractivity contribution in [1.82, 2.24) is 14.5 Å².